The van der Waals surface area contributed by atoms with Crippen molar-refractivity contribution in [3.63, 3.8) is 0 Å². The fraction of sp³-hybridized carbons (Fsp3) is 0.467. The molecular formula is C15H21N3O4. The van der Waals surface area contributed by atoms with Gasteiger partial charge in [-0.25, -0.2) is 0 Å². The number of benzene rings is 1. The van der Waals surface area contributed by atoms with Crippen molar-refractivity contribution in [3.8, 4) is 5.75 Å². The molecule has 22 heavy (non-hydrogen) atoms. The third-order valence-corrected chi connectivity index (χ3v) is 3.20. The topological polar surface area (TPSA) is 79.9 Å². The molecule has 1 heterocycles. The van der Waals surface area contributed by atoms with Gasteiger partial charge in [-0.1, -0.05) is 6.07 Å². The lowest BCUT2D eigenvalue weighted by molar-refractivity contribution is -0.130. The molecule has 1 atom stereocenters. The molecule has 0 bridgehead atoms. The number of anilines is 1. The first-order valence-electron chi connectivity index (χ1n) is 7.11. The second-order valence-corrected chi connectivity index (χ2v) is 5.18. The minimum absolute atomic E-state index is 0.0393. The quantitative estimate of drug-likeness (QED) is 0.805. The third-order valence-electron chi connectivity index (χ3n) is 3.20. The van der Waals surface area contributed by atoms with Crippen molar-refractivity contribution in [1.82, 2.24) is 10.2 Å². The Bertz CT molecular complexity index is 527. The second kappa shape index (κ2) is 7.77. The standard InChI is InChI=1S/C15H21N3O4/c1-18(2)14(19)10-22-12-5-3-4-11(8-12)17-15(20)13-9-21-7-6-16-13/h3-5,8,13,16H,6-7,9-10H2,1-2H3,(H,17,20). The van der Waals surface area contributed by atoms with Crippen LogP contribution in [0.1, 0.15) is 0 Å². The first kappa shape index (κ1) is 16.3. The van der Waals surface area contributed by atoms with Crippen LogP contribution in [0.3, 0.4) is 0 Å². The van der Waals surface area contributed by atoms with Crippen LogP contribution >= 0.6 is 0 Å². The maximum atomic E-state index is 12.1. The van der Waals surface area contributed by atoms with Crippen molar-refractivity contribution in [3.05, 3.63) is 24.3 Å². The second-order valence-electron chi connectivity index (χ2n) is 5.18. The van der Waals surface area contributed by atoms with Crippen molar-refractivity contribution < 1.29 is 19.1 Å². The number of amides is 2. The SMILES string of the molecule is CN(C)C(=O)COc1cccc(NC(=O)C2COCCN2)c1. The summed E-state index contributed by atoms with van der Waals surface area (Å²) in [5, 5.41) is 5.89. The Balaban J connectivity index is 1.90. The van der Waals surface area contributed by atoms with Gasteiger partial charge < -0.3 is 25.0 Å². The van der Waals surface area contributed by atoms with Crippen molar-refractivity contribution >= 4 is 17.5 Å². The smallest absolute Gasteiger partial charge is 0.259 e. The minimum Gasteiger partial charge on any atom is -0.484 e. The molecule has 7 heteroatoms. The van der Waals surface area contributed by atoms with Gasteiger partial charge in [0, 0.05) is 32.4 Å². The summed E-state index contributed by atoms with van der Waals surface area (Å²) < 4.78 is 10.7. The van der Waals surface area contributed by atoms with Crippen LogP contribution in [0.5, 0.6) is 5.75 Å². The largest absolute Gasteiger partial charge is 0.484 e. The predicted octanol–water partition coefficient (Wildman–Crippen LogP) is 0.0805. The Hall–Kier alpha value is -2.12. The summed E-state index contributed by atoms with van der Waals surface area (Å²) in [4.78, 5) is 25.0. The highest BCUT2D eigenvalue weighted by molar-refractivity contribution is 5.95. The zero-order chi connectivity index (χ0) is 15.9. The van der Waals surface area contributed by atoms with Gasteiger partial charge in [0.25, 0.3) is 5.91 Å². The number of carbonyl (C=O) groups is 2. The highest BCUT2D eigenvalue weighted by Crippen LogP contribution is 2.17. The fourth-order valence-corrected chi connectivity index (χ4v) is 1.90. The van der Waals surface area contributed by atoms with Gasteiger partial charge in [-0.15, -0.1) is 0 Å². The maximum Gasteiger partial charge on any atom is 0.259 e. The molecule has 1 fully saturated rings. The van der Waals surface area contributed by atoms with E-state index < -0.39 is 0 Å². The van der Waals surface area contributed by atoms with Crippen LogP contribution < -0.4 is 15.4 Å². The van der Waals surface area contributed by atoms with Gasteiger partial charge >= 0.3 is 0 Å². The van der Waals surface area contributed by atoms with Crippen LogP contribution in [0.15, 0.2) is 24.3 Å². The van der Waals surface area contributed by atoms with Crippen LogP contribution in [-0.4, -0.2) is 63.2 Å². The molecule has 1 aromatic carbocycles. The molecule has 2 amide bonds. The Labute approximate surface area is 129 Å². The van der Waals surface area contributed by atoms with Crippen LogP contribution in [0.25, 0.3) is 0 Å². The molecule has 0 saturated carbocycles. The lowest BCUT2D eigenvalue weighted by Gasteiger charge is -2.23. The Morgan fingerprint density at radius 1 is 1.45 bits per heavy atom. The van der Waals surface area contributed by atoms with Gasteiger partial charge in [-0.05, 0) is 12.1 Å². The van der Waals surface area contributed by atoms with E-state index in [9.17, 15) is 9.59 Å². The molecular weight excluding hydrogens is 286 g/mol. The molecule has 0 radical (unpaired) electrons. The van der Waals surface area contributed by atoms with Crippen LogP contribution in [0, 0.1) is 0 Å². The molecule has 0 spiro atoms. The molecule has 1 aromatic rings. The highest BCUT2D eigenvalue weighted by atomic mass is 16.5. The first-order chi connectivity index (χ1) is 10.6. The summed E-state index contributed by atoms with van der Waals surface area (Å²) >= 11 is 0. The summed E-state index contributed by atoms with van der Waals surface area (Å²) in [7, 11) is 3.34. The number of carbonyl (C=O) groups excluding carboxylic acids is 2. The molecule has 1 aliphatic heterocycles. The Kier molecular flexibility index (Phi) is 5.74. The van der Waals surface area contributed by atoms with Gasteiger partial charge in [0.15, 0.2) is 6.61 Å². The normalized spacial score (nSPS) is 17.6. The van der Waals surface area contributed by atoms with E-state index in [1.54, 1.807) is 38.4 Å². The van der Waals surface area contributed by atoms with E-state index in [-0.39, 0.29) is 24.5 Å². The number of nitrogens with zero attached hydrogens (tertiary/aromatic N) is 1. The van der Waals surface area contributed by atoms with E-state index in [1.165, 1.54) is 4.90 Å². The number of nitrogens with one attached hydrogen (secondary N) is 2. The molecule has 2 rings (SSSR count). The van der Waals surface area contributed by atoms with E-state index in [2.05, 4.69) is 10.6 Å². The van der Waals surface area contributed by atoms with Gasteiger partial charge in [0.05, 0.1) is 13.2 Å². The van der Waals surface area contributed by atoms with E-state index >= 15 is 0 Å². The zero-order valence-corrected chi connectivity index (χ0v) is 12.8. The molecule has 1 saturated heterocycles. The molecule has 2 N–H and O–H groups in total. The zero-order valence-electron chi connectivity index (χ0n) is 12.8. The lowest BCUT2D eigenvalue weighted by atomic mass is 10.2. The van der Waals surface area contributed by atoms with Crippen molar-refractivity contribution in [1.29, 1.82) is 0 Å². The average molecular weight is 307 g/mol. The summed E-state index contributed by atoms with van der Waals surface area (Å²) in [5.74, 6) is 0.250. The van der Waals surface area contributed by atoms with Crippen molar-refractivity contribution in [2.45, 2.75) is 6.04 Å². The summed E-state index contributed by atoms with van der Waals surface area (Å²) in [6.07, 6.45) is 0. The van der Waals surface area contributed by atoms with Gasteiger partial charge in [-0.2, -0.15) is 0 Å². The molecule has 1 aliphatic rings. The molecule has 1 unspecified atom stereocenters. The van der Waals surface area contributed by atoms with Crippen LogP contribution in [0.2, 0.25) is 0 Å². The fourth-order valence-electron chi connectivity index (χ4n) is 1.90. The van der Waals surface area contributed by atoms with E-state index in [0.29, 0.717) is 31.2 Å². The summed E-state index contributed by atoms with van der Waals surface area (Å²) in [6.45, 7) is 1.60. The predicted molar refractivity (Wildman–Crippen MR) is 81.9 cm³/mol. The molecule has 0 aliphatic carbocycles. The molecule has 0 aromatic heterocycles. The van der Waals surface area contributed by atoms with Crippen molar-refractivity contribution in [2.24, 2.45) is 0 Å². The highest BCUT2D eigenvalue weighted by Gasteiger charge is 2.21. The van der Waals surface area contributed by atoms with Crippen LogP contribution in [-0.2, 0) is 14.3 Å². The number of likely N-dealkylation sites (N-methyl/N-ethyl adjacent to an activating group) is 1. The van der Waals surface area contributed by atoms with Gasteiger partial charge in [0.1, 0.15) is 11.8 Å². The lowest BCUT2D eigenvalue weighted by Crippen LogP contribution is -2.48. The number of hydrogen-bond donors (Lipinski definition) is 2. The number of hydrogen-bond acceptors (Lipinski definition) is 5. The van der Waals surface area contributed by atoms with E-state index in [1.807, 2.05) is 0 Å². The first-order valence-corrected chi connectivity index (χ1v) is 7.11. The third kappa shape index (κ3) is 4.71. The summed E-state index contributed by atoms with van der Waals surface area (Å²) in [5.41, 5.74) is 0.618. The Morgan fingerprint density at radius 3 is 2.95 bits per heavy atom. The summed E-state index contributed by atoms with van der Waals surface area (Å²) in [6, 6.07) is 6.59. The monoisotopic (exact) mass is 307 g/mol. The van der Waals surface area contributed by atoms with E-state index in [4.69, 9.17) is 9.47 Å². The van der Waals surface area contributed by atoms with Gasteiger partial charge in [0.2, 0.25) is 5.91 Å². The number of ether oxygens (including phenoxy) is 2. The number of rotatable bonds is 5. The Morgan fingerprint density at radius 2 is 2.27 bits per heavy atom. The van der Waals surface area contributed by atoms with Gasteiger partial charge in [-0.3, -0.25) is 9.59 Å². The number of morpholine rings is 1. The molecule has 7 nitrogen and oxygen atoms in total. The van der Waals surface area contributed by atoms with E-state index in [0.717, 1.165) is 0 Å². The molecule has 120 valence electrons. The average Bonchev–Trinajstić information content (AvgIpc) is 2.53. The maximum absolute atomic E-state index is 12.1. The van der Waals surface area contributed by atoms with Crippen LogP contribution in [0.4, 0.5) is 5.69 Å². The minimum atomic E-state index is -0.353. The van der Waals surface area contributed by atoms with Crippen molar-refractivity contribution in [2.75, 3.05) is 45.8 Å².